The van der Waals surface area contributed by atoms with Crippen molar-refractivity contribution < 1.29 is 18.0 Å². The van der Waals surface area contributed by atoms with Crippen molar-refractivity contribution in [1.82, 2.24) is 15.1 Å². The number of benzene rings is 3. The summed E-state index contributed by atoms with van der Waals surface area (Å²) in [4.78, 5) is 28.7. The van der Waals surface area contributed by atoms with Gasteiger partial charge in [0, 0.05) is 42.8 Å². The van der Waals surface area contributed by atoms with Crippen LogP contribution < -0.4 is 9.62 Å². The van der Waals surface area contributed by atoms with Crippen LogP contribution in [0, 0.1) is 0 Å². The molecule has 0 bridgehead atoms. The number of likely N-dealkylation sites (N-methyl/N-ethyl adjacent to an activating group) is 1. The number of sulfonamides is 1. The van der Waals surface area contributed by atoms with E-state index in [1.165, 1.54) is 9.21 Å². The topological polar surface area (TPSA) is 90.0 Å². The molecule has 212 valence electrons. The highest BCUT2D eigenvalue weighted by Gasteiger charge is 2.40. The Labute approximate surface area is 245 Å². The zero-order chi connectivity index (χ0) is 29.2. The summed E-state index contributed by atoms with van der Waals surface area (Å²) in [5.74, 6) is -0.702. The summed E-state index contributed by atoms with van der Waals surface area (Å²) in [7, 11) is -0.453. The van der Waals surface area contributed by atoms with Crippen LogP contribution in [0.3, 0.4) is 0 Å². The normalized spacial score (nSPS) is 14.9. The first-order valence-corrected chi connectivity index (χ1v) is 15.3. The van der Waals surface area contributed by atoms with Gasteiger partial charge in [-0.1, -0.05) is 53.5 Å². The van der Waals surface area contributed by atoms with Crippen molar-refractivity contribution in [3.63, 3.8) is 0 Å². The maximum Gasteiger partial charge on any atom is 0.251 e. The Bertz CT molecular complexity index is 1430. The van der Waals surface area contributed by atoms with E-state index in [-0.39, 0.29) is 23.6 Å². The average Bonchev–Trinajstić information content (AvgIpc) is 2.88. The quantitative estimate of drug-likeness (QED) is 0.391. The second kappa shape index (κ2) is 12.2. The van der Waals surface area contributed by atoms with Crippen LogP contribution in [0.5, 0.6) is 0 Å². The van der Waals surface area contributed by atoms with Crippen LogP contribution in [-0.4, -0.2) is 75.6 Å². The van der Waals surface area contributed by atoms with Crippen LogP contribution in [0.1, 0.15) is 34.5 Å². The minimum atomic E-state index is -3.68. The minimum Gasteiger partial charge on any atom is -0.347 e. The molecule has 40 heavy (non-hydrogen) atoms. The Morgan fingerprint density at radius 2 is 1.45 bits per heavy atom. The van der Waals surface area contributed by atoms with Crippen LogP contribution in [0.15, 0.2) is 72.8 Å². The third kappa shape index (κ3) is 6.78. The van der Waals surface area contributed by atoms with Crippen molar-refractivity contribution in [1.29, 1.82) is 0 Å². The molecule has 11 heteroatoms. The number of hydrogen-bond donors (Lipinski definition) is 1. The van der Waals surface area contributed by atoms with Crippen molar-refractivity contribution in [3.05, 3.63) is 99.5 Å². The van der Waals surface area contributed by atoms with Gasteiger partial charge in [0.15, 0.2) is 0 Å². The Balaban J connectivity index is 1.58. The summed E-state index contributed by atoms with van der Waals surface area (Å²) >= 11 is 12.3. The van der Waals surface area contributed by atoms with Gasteiger partial charge in [-0.3, -0.25) is 18.8 Å². The van der Waals surface area contributed by atoms with E-state index in [4.69, 9.17) is 23.2 Å². The molecule has 3 aromatic carbocycles. The van der Waals surface area contributed by atoms with Gasteiger partial charge in [0.05, 0.1) is 24.0 Å². The van der Waals surface area contributed by atoms with Gasteiger partial charge in [-0.15, -0.1) is 0 Å². The second-order valence-electron chi connectivity index (χ2n) is 10.2. The SMILES string of the molecule is C[C@H](NC(=O)c1cccc(N(C2CN(C(c3ccc(Cl)cc3)c3ccc(Cl)cc3)C2)S(C)(=O)=O)c1)C(=O)N(C)C. The van der Waals surface area contributed by atoms with Gasteiger partial charge in [0.25, 0.3) is 5.91 Å². The molecule has 1 aliphatic heterocycles. The first kappa shape index (κ1) is 29.9. The molecule has 0 unspecified atom stereocenters. The number of likely N-dealkylation sites (tertiary alicyclic amines) is 1. The van der Waals surface area contributed by atoms with Gasteiger partial charge in [-0.2, -0.15) is 0 Å². The molecular weight excluding hydrogens is 571 g/mol. The molecular formula is C29H32Cl2N4O4S. The largest absolute Gasteiger partial charge is 0.347 e. The Hall–Kier alpha value is -3.11. The molecule has 0 saturated carbocycles. The van der Waals surface area contributed by atoms with Crippen LogP contribution in [0.25, 0.3) is 0 Å². The van der Waals surface area contributed by atoms with Gasteiger partial charge in [-0.25, -0.2) is 8.42 Å². The average molecular weight is 604 g/mol. The Morgan fingerprint density at radius 1 is 0.925 bits per heavy atom. The van der Waals surface area contributed by atoms with E-state index < -0.39 is 22.0 Å². The highest BCUT2D eigenvalue weighted by atomic mass is 35.5. The molecule has 0 spiro atoms. The summed E-state index contributed by atoms with van der Waals surface area (Å²) in [6.45, 7) is 2.54. The van der Waals surface area contributed by atoms with Gasteiger partial charge in [0.2, 0.25) is 15.9 Å². The fourth-order valence-corrected chi connectivity index (χ4v) is 6.36. The monoisotopic (exact) mass is 602 g/mol. The number of carbonyl (C=O) groups is 2. The molecule has 1 atom stereocenters. The molecule has 1 aliphatic rings. The summed E-state index contributed by atoms with van der Waals surface area (Å²) < 4.78 is 27.4. The van der Waals surface area contributed by atoms with E-state index >= 15 is 0 Å². The molecule has 1 N–H and O–H groups in total. The zero-order valence-corrected chi connectivity index (χ0v) is 25.0. The van der Waals surface area contributed by atoms with Crippen LogP contribution in [0.4, 0.5) is 5.69 Å². The summed E-state index contributed by atoms with van der Waals surface area (Å²) in [5, 5.41) is 3.94. The Morgan fingerprint density at radius 3 is 1.93 bits per heavy atom. The van der Waals surface area contributed by atoms with Gasteiger partial charge in [0.1, 0.15) is 6.04 Å². The molecule has 1 heterocycles. The number of nitrogens with one attached hydrogen (secondary N) is 1. The predicted molar refractivity (Wildman–Crippen MR) is 159 cm³/mol. The lowest BCUT2D eigenvalue weighted by Crippen LogP contribution is -2.61. The van der Waals surface area contributed by atoms with E-state index in [2.05, 4.69) is 10.2 Å². The highest BCUT2D eigenvalue weighted by molar-refractivity contribution is 7.92. The zero-order valence-electron chi connectivity index (χ0n) is 22.7. The first-order valence-electron chi connectivity index (χ1n) is 12.7. The second-order valence-corrected chi connectivity index (χ2v) is 12.9. The van der Waals surface area contributed by atoms with Gasteiger partial charge < -0.3 is 10.2 Å². The maximum absolute atomic E-state index is 13.0. The van der Waals surface area contributed by atoms with Gasteiger partial charge in [-0.05, 0) is 60.5 Å². The van der Waals surface area contributed by atoms with Crippen LogP contribution in [-0.2, 0) is 14.8 Å². The predicted octanol–water partition coefficient (Wildman–Crippen LogP) is 4.44. The van der Waals surface area contributed by atoms with E-state index in [1.807, 2.05) is 48.5 Å². The lowest BCUT2D eigenvalue weighted by molar-refractivity contribution is -0.130. The smallest absolute Gasteiger partial charge is 0.251 e. The molecule has 1 saturated heterocycles. The van der Waals surface area contributed by atoms with Crippen molar-refractivity contribution in [2.24, 2.45) is 0 Å². The number of carbonyl (C=O) groups excluding carboxylic acids is 2. The fourth-order valence-electron chi connectivity index (χ4n) is 4.94. The number of amides is 2. The molecule has 1 fully saturated rings. The molecule has 4 rings (SSSR count). The van der Waals surface area contributed by atoms with E-state index in [0.29, 0.717) is 28.8 Å². The highest BCUT2D eigenvalue weighted by Crippen LogP contribution is 2.36. The molecule has 0 aromatic heterocycles. The standard InChI is InChI=1S/C29H32Cl2N4O4S/c1-19(29(37)33(2)3)32-28(36)22-6-5-7-25(16-22)35(40(4,38)39)26-17-34(18-26)27(20-8-12-23(30)13-9-20)21-10-14-24(31)15-11-21/h5-16,19,26-27H,17-18H2,1-4H3,(H,32,36)/t19-/m0/s1. The lowest BCUT2D eigenvalue weighted by Gasteiger charge is -2.48. The van der Waals surface area contributed by atoms with E-state index in [9.17, 15) is 18.0 Å². The van der Waals surface area contributed by atoms with Crippen molar-refractivity contribution >= 4 is 50.7 Å². The maximum atomic E-state index is 13.0. The summed E-state index contributed by atoms with van der Waals surface area (Å²) in [6, 6.07) is 20.5. The lowest BCUT2D eigenvalue weighted by atomic mass is 9.93. The molecule has 2 amide bonds. The van der Waals surface area contributed by atoms with Crippen LogP contribution in [0.2, 0.25) is 10.0 Å². The fraction of sp³-hybridized carbons (Fsp3) is 0.310. The van der Waals surface area contributed by atoms with Gasteiger partial charge >= 0.3 is 0 Å². The number of anilines is 1. The molecule has 8 nitrogen and oxygen atoms in total. The summed E-state index contributed by atoms with van der Waals surface area (Å²) in [5.41, 5.74) is 2.70. The number of rotatable bonds is 9. The van der Waals surface area contributed by atoms with Crippen molar-refractivity contribution in [3.8, 4) is 0 Å². The first-order chi connectivity index (χ1) is 18.8. The van der Waals surface area contributed by atoms with E-state index in [0.717, 1.165) is 17.4 Å². The number of halogens is 2. The van der Waals surface area contributed by atoms with E-state index in [1.54, 1.807) is 45.3 Å². The molecule has 3 aromatic rings. The third-order valence-corrected chi connectivity index (χ3v) is 8.57. The van der Waals surface area contributed by atoms with Crippen molar-refractivity contribution in [2.75, 3.05) is 37.7 Å². The minimum absolute atomic E-state index is 0.125. The number of nitrogens with zero attached hydrogens (tertiary/aromatic N) is 3. The van der Waals surface area contributed by atoms with Crippen molar-refractivity contribution in [2.45, 2.75) is 25.0 Å². The van der Waals surface area contributed by atoms with Crippen LogP contribution >= 0.6 is 23.2 Å². The Kier molecular flexibility index (Phi) is 9.09. The molecule has 0 radical (unpaired) electrons. The summed E-state index contributed by atoms with van der Waals surface area (Å²) in [6.07, 6.45) is 1.16. The number of hydrogen-bond acceptors (Lipinski definition) is 5. The third-order valence-electron chi connectivity index (χ3n) is 6.84. The molecule has 0 aliphatic carbocycles.